The zero-order valence-electron chi connectivity index (χ0n) is 25.1. The molecule has 9 nitrogen and oxygen atoms in total. The van der Waals surface area contributed by atoms with E-state index in [1.54, 1.807) is 33.9 Å². The smallest absolute Gasteiger partial charge is 0.306 e. The van der Waals surface area contributed by atoms with Crippen molar-refractivity contribution in [3.05, 3.63) is 83.9 Å². The van der Waals surface area contributed by atoms with Crippen LogP contribution < -0.4 is 10.5 Å². The Labute approximate surface area is 251 Å². The van der Waals surface area contributed by atoms with Gasteiger partial charge in [-0.25, -0.2) is 4.98 Å². The zero-order valence-corrected chi connectivity index (χ0v) is 25.1. The minimum absolute atomic E-state index is 0.0279. The van der Waals surface area contributed by atoms with Gasteiger partial charge in [-0.3, -0.25) is 14.4 Å². The van der Waals surface area contributed by atoms with E-state index in [-0.39, 0.29) is 25.3 Å². The highest BCUT2D eigenvalue weighted by atomic mass is 16.6. The molecule has 4 aromatic rings. The summed E-state index contributed by atoms with van der Waals surface area (Å²) in [6, 6.07) is 22.5. The number of primary amides is 1. The lowest BCUT2D eigenvalue weighted by molar-refractivity contribution is -0.155. The number of amides is 2. The zero-order chi connectivity index (χ0) is 30.9. The molecule has 0 saturated carbocycles. The Kier molecular flexibility index (Phi) is 8.08. The Morgan fingerprint density at radius 1 is 0.977 bits per heavy atom. The first kappa shape index (κ1) is 29.6. The molecule has 3 aromatic carbocycles. The molecule has 222 valence electrons. The highest BCUT2D eigenvalue weighted by Crippen LogP contribution is 2.37. The number of aromatic nitrogens is 2. The SMILES string of the molecule is COc1ccc(-c2c(-c3ccccc3)nc(-c3ccc4c(c3)CN(C(CCC(=O)OC(C)(C)C)C(N)=O)C4=O)n2C)cc1. The third kappa shape index (κ3) is 6.16. The van der Waals surface area contributed by atoms with Gasteiger partial charge in [0.1, 0.15) is 23.2 Å². The van der Waals surface area contributed by atoms with Crippen LogP contribution in [0.5, 0.6) is 5.75 Å². The van der Waals surface area contributed by atoms with Gasteiger partial charge in [0.15, 0.2) is 0 Å². The van der Waals surface area contributed by atoms with Crippen LogP contribution in [0.2, 0.25) is 0 Å². The van der Waals surface area contributed by atoms with Crippen molar-refractivity contribution in [2.75, 3.05) is 7.11 Å². The number of carbonyl (C=O) groups is 3. The van der Waals surface area contributed by atoms with E-state index >= 15 is 0 Å². The molecule has 1 aliphatic rings. The molecule has 5 rings (SSSR count). The number of rotatable bonds is 9. The molecule has 0 bridgehead atoms. The molecule has 1 atom stereocenters. The highest BCUT2D eigenvalue weighted by molar-refractivity contribution is 6.01. The first-order valence-corrected chi connectivity index (χ1v) is 14.2. The second-order valence-corrected chi connectivity index (χ2v) is 11.6. The first-order valence-electron chi connectivity index (χ1n) is 14.2. The first-order chi connectivity index (χ1) is 20.5. The van der Waals surface area contributed by atoms with E-state index in [1.165, 1.54) is 4.90 Å². The van der Waals surface area contributed by atoms with E-state index in [0.717, 1.165) is 45.2 Å². The van der Waals surface area contributed by atoms with Gasteiger partial charge in [0.2, 0.25) is 5.91 Å². The quantitative estimate of drug-likeness (QED) is 0.267. The lowest BCUT2D eigenvalue weighted by atomic mass is 10.0. The lowest BCUT2D eigenvalue weighted by Gasteiger charge is -2.25. The van der Waals surface area contributed by atoms with E-state index < -0.39 is 23.5 Å². The van der Waals surface area contributed by atoms with E-state index in [4.69, 9.17) is 20.2 Å². The second kappa shape index (κ2) is 11.8. The predicted molar refractivity (Wildman–Crippen MR) is 164 cm³/mol. The van der Waals surface area contributed by atoms with Gasteiger partial charge in [-0.2, -0.15) is 0 Å². The van der Waals surface area contributed by atoms with Crippen LogP contribution in [0.3, 0.4) is 0 Å². The normalized spacial score (nSPS) is 13.5. The number of hydrogen-bond donors (Lipinski definition) is 1. The van der Waals surface area contributed by atoms with Crippen LogP contribution in [0.25, 0.3) is 33.9 Å². The lowest BCUT2D eigenvalue weighted by Crippen LogP contribution is -2.45. The minimum atomic E-state index is -0.935. The number of methoxy groups -OCH3 is 1. The minimum Gasteiger partial charge on any atom is -0.497 e. The molecule has 2 heterocycles. The standard InChI is InChI=1S/C34H36N4O5/c1-34(2,3)43-28(39)18-17-27(31(35)40)38-20-24-19-23(13-16-26(24)33(38)41)32-36-29(21-9-7-6-8-10-21)30(37(32)4)22-11-14-25(42-5)15-12-22/h6-16,19,27H,17-18,20H2,1-5H3,(H2,35,40). The molecule has 43 heavy (non-hydrogen) atoms. The van der Waals surface area contributed by atoms with Crippen LogP contribution in [-0.2, 0) is 27.9 Å². The Hall–Kier alpha value is -4.92. The summed E-state index contributed by atoms with van der Waals surface area (Å²) in [5, 5.41) is 0. The average molecular weight is 581 g/mol. The second-order valence-electron chi connectivity index (χ2n) is 11.6. The molecule has 0 aliphatic carbocycles. The molecule has 0 spiro atoms. The molecular weight excluding hydrogens is 544 g/mol. The van der Waals surface area contributed by atoms with Gasteiger partial charge in [-0.15, -0.1) is 0 Å². The number of ether oxygens (including phenoxy) is 2. The van der Waals surface area contributed by atoms with E-state index in [1.807, 2.05) is 78.3 Å². The maximum atomic E-state index is 13.4. The summed E-state index contributed by atoms with van der Waals surface area (Å²) in [6.07, 6.45) is 0.0573. The van der Waals surface area contributed by atoms with Gasteiger partial charge in [0.05, 0.1) is 18.5 Å². The molecule has 1 aliphatic heterocycles. The van der Waals surface area contributed by atoms with Crippen molar-refractivity contribution in [2.45, 2.75) is 51.8 Å². The fourth-order valence-corrected chi connectivity index (χ4v) is 5.47. The molecule has 1 aromatic heterocycles. The van der Waals surface area contributed by atoms with Crippen molar-refractivity contribution in [1.29, 1.82) is 0 Å². The Bertz CT molecular complexity index is 1670. The summed E-state index contributed by atoms with van der Waals surface area (Å²) < 4.78 is 12.8. The van der Waals surface area contributed by atoms with Gasteiger partial charge < -0.3 is 24.7 Å². The largest absolute Gasteiger partial charge is 0.497 e. The number of carbonyl (C=O) groups excluding carboxylic acids is 3. The number of nitrogens with zero attached hydrogens (tertiary/aromatic N) is 3. The van der Waals surface area contributed by atoms with Gasteiger partial charge in [-0.05, 0) is 69.2 Å². The van der Waals surface area contributed by atoms with Crippen molar-refractivity contribution in [3.63, 3.8) is 0 Å². The van der Waals surface area contributed by atoms with Gasteiger partial charge in [0.25, 0.3) is 5.91 Å². The Morgan fingerprint density at radius 2 is 1.65 bits per heavy atom. The van der Waals surface area contributed by atoms with Gasteiger partial charge in [0, 0.05) is 42.3 Å². The third-order valence-corrected chi connectivity index (χ3v) is 7.45. The summed E-state index contributed by atoms with van der Waals surface area (Å²) in [6.45, 7) is 5.53. The van der Waals surface area contributed by atoms with E-state index in [0.29, 0.717) is 5.56 Å². The Morgan fingerprint density at radius 3 is 2.28 bits per heavy atom. The topological polar surface area (TPSA) is 117 Å². The monoisotopic (exact) mass is 580 g/mol. The van der Waals surface area contributed by atoms with Crippen molar-refractivity contribution < 1.29 is 23.9 Å². The fraction of sp³-hybridized carbons (Fsp3) is 0.294. The van der Waals surface area contributed by atoms with E-state index in [9.17, 15) is 14.4 Å². The van der Waals surface area contributed by atoms with Crippen LogP contribution in [0.15, 0.2) is 72.8 Å². The number of benzene rings is 3. The highest BCUT2D eigenvalue weighted by Gasteiger charge is 2.36. The number of nitrogens with two attached hydrogens (primary N) is 1. The number of imidazole rings is 1. The van der Waals surface area contributed by atoms with Crippen molar-refractivity contribution in [1.82, 2.24) is 14.5 Å². The molecule has 9 heteroatoms. The molecule has 0 fully saturated rings. The van der Waals surface area contributed by atoms with Gasteiger partial charge in [-0.1, -0.05) is 36.4 Å². The Balaban J connectivity index is 1.47. The van der Waals surface area contributed by atoms with Crippen LogP contribution in [0.1, 0.15) is 49.5 Å². The summed E-state index contributed by atoms with van der Waals surface area (Å²) in [7, 11) is 3.61. The summed E-state index contributed by atoms with van der Waals surface area (Å²) in [4.78, 5) is 44.6. The maximum Gasteiger partial charge on any atom is 0.306 e. The number of hydrogen-bond acceptors (Lipinski definition) is 6. The third-order valence-electron chi connectivity index (χ3n) is 7.45. The fourth-order valence-electron chi connectivity index (χ4n) is 5.47. The molecule has 2 amide bonds. The molecule has 2 N–H and O–H groups in total. The average Bonchev–Trinajstić information content (AvgIpc) is 3.48. The molecular formula is C34H36N4O5. The van der Waals surface area contributed by atoms with Crippen LogP contribution in [0, 0.1) is 0 Å². The summed E-state index contributed by atoms with van der Waals surface area (Å²) >= 11 is 0. The maximum absolute atomic E-state index is 13.4. The van der Waals surface area contributed by atoms with Crippen molar-refractivity contribution in [2.24, 2.45) is 12.8 Å². The van der Waals surface area contributed by atoms with E-state index in [2.05, 4.69) is 0 Å². The summed E-state index contributed by atoms with van der Waals surface area (Å²) in [5.41, 5.74) is 10.9. The van der Waals surface area contributed by atoms with Crippen LogP contribution in [0.4, 0.5) is 0 Å². The molecule has 0 radical (unpaired) electrons. The molecule has 1 unspecified atom stereocenters. The van der Waals surface area contributed by atoms with Gasteiger partial charge >= 0.3 is 5.97 Å². The number of fused-ring (bicyclic) bond motifs is 1. The van der Waals surface area contributed by atoms with Crippen LogP contribution >= 0.6 is 0 Å². The van der Waals surface area contributed by atoms with Crippen LogP contribution in [-0.4, -0.2) is 51.0 Å². The summed E-state index contributed by atoms with van der Waals surface area (Å²) in [5.74, 6) is 0.0983. The molecule has 0 saturated heterocycles. The predicted octanol–water partition coefficient (Wildman–Crippen LogP) is 5.36. The number of esters is 1. The van der Waals surface area contributed by atoms with Crippen molar-refractivity contribution in [3.8, 4) is 39.7 Å². The van der Waals surface area contributed by atoms with Crippen molar-refractivity contribution >= 4 is 17.8 Å².